The standard InChI is InChI=1S/C33H41Cl2N3O4S/c1-23-13-10-18-29(24(23)2)38(43(6,41)42)20-12-19-31(39)37(22-26-27(34)16-11-17-28(26)35)30(32(40)36-33(3,4)5)21-25-14-8-7-9-15-25/h7-11,13-18,30H,12,19-22H2,1-6H3,(H,36,40). The number of carbonyl (C=O) groups excluding carboxylic acids is 2. The quantitative estimate of drug-likeness (QED) is 0.237. The minimum atomic E-state index is -3.62. The number of aryl methyl sites for hydroxylation is 1. The van der Waals surface area contributed by atoms with Gasteiger partial charge in [-0.05, 0) is 75.9 Å². The predicted octanol–water partition coefficient (Wildman–Crippen LogP) is 6.71. The second kappa shape index (κ2) is 14.6. The van der Waals surface area contributed by atoms with E-state index >= 15 is 0 Å². The zero-order chi connectivity index (χ0) is 31.9. The average molecular weight is 647 g/mol. The molecule has 0 aromatic heterocycles. The summed E-state index contributed by atoms with van der Waals surface area (Å²) in [5.74, 6) is -0.614. The molecule has 0 heterocycles. The molecule has 1 N–H and O–H groups in total. The van der Waals surface area contributed by atoms with Gasteiger partial charge in [0, 0.05) is 47.1 Å². The van der Waals surface area contributed by atoms with Crippen LogP contribution < -0.4 is 9.62 Å². The van der Waals surface area contributed by atoms with Crippen molar-refractivity contribution in [3.05, 3.63) is 99.0 Å². The zero-order valence-electron chi connectivity index (χ0n) is 25.7. The van der Waals surface area contributed by atoms with Crippen molar-refractivity contribution in [2.75, 3.05) is 17.1 Å². The van der Waals surface area contributed by atoms with Crippen molar-refractivity contribution in [2.45, 2.75) is 72.0 Å². The summed E-state index contributed by atoms with van der Waals surface area (Å²) < 4.78 is 26.9. The Bertz CT molecular complexity index is 1520. The Hall–Kier alpha value is -3.07. The maximum absolute atomic E-state index is 14.1. The lowest BCUT2D eigenvalue weighted by atomic mass is 10.00. The van der Waals surface area contributed by atoms with E-state index in [9.17, 15) is 18.0 Å². The number of halogens is 2. The normalized spacial score (nSPS) is 12.5. The average Bonchev–Trinajstić information content (AvgIpc) is 2.91. The largest absolute Gasteiger partial charge is 0.350 e. The highest BCUT2D eigenvalue weighted by Gasteiger charge is 2.33. The molecule has 1 unspecified atom stereocenters. The van der Waals surface area contributed by atoms with Crippen LogP contribution in [0.5, 0.6) is 0 Å². The van der Waals surface area contributed by atoms with Gasteiger partial charge >= 0.3 is 0 Å². The van der Waals surface area contributed by atoms with Gasteiger partial charge in [-0.1, -0.05) is 71.7 Å². The van der Waals surface area contributed by atoms with Gasteiger partial charge in [-0.25, -0.2) is 8.42 Å². The van der Waals surface area contributed by atoms with E-state index in [4.69, 9.17) is 23.2 Å². The minimum absolute atomic E-state index is 0.00699. The van der Waals surface area contributed by atoms with Crippen molar-refractivity contribution in [3.8, 4) is 0 Å². The molecule has 3 aromatic carbocycles. The third-order valence-corrected chi connectivity index (χ3v) is 9.04. The molecule has 0 fully saturated rings. The molecule has 0 spiro atoms. The molecule has 0 saturated heterocycles. The zero-order valence-corrected chi connectivity index (χ0v) is 28.0. The van der Waals surface area contributed by atoms with Crippen LogP contribution in [0, 0.1) is 13.8 Å². The Morgan fingerprint density at radius 2 is 1.51 bits per heavy atom. The summed E-state index contributed by atoms with van der Waals surface area (Å²) in [6.45, 7) is 9.57. The van der Waals surface area contributed by atoms with Gasteiger partial charge in [-0.2, -0.15) is 0 Å². The second-order valence-corrected chi connectivity index (χ2v) is 14.5. The number of amides is 2. The Kier molecular flexibility index (Phi) is 11.7. The van der Waals surface area contributed by atoms with Gasteiger partial charge in [0.05, 0.1) is 11.9 Å². The molecule has 2 amide bonds. The predicted molar refractivity (Wildman–Crippen MR) is 176 cm³/mol. The van der Waals surface area contributed by atoms with E-state index in [0.717, 1.165) is 22.9 Å². The first kappa shape index (κ1) is 34.4. The van der Waals surface area contributed by atoms with Crippen LogP contribution in [0.4, 0.5) is 5.69 Å². The SMILES string of the molecule is Cc1cccc(N(CCCC(=O)N(Cc2c(Cl)cccc2Cl)C(Cc2ccccc2)C(=O)NC(C)(C)C)S(C)(=O)=O)c1C. The Balaban J connectivity index is 1.97. The third-order valence-electron chi connectivity index (χ3n) is 7.16. The summed E-state index contributed by atoms with van der Waals surface area (Å²) in [4.78, 5) is 29.3. The number of nitrogens with one attached hydrogen (secondary N) is 1. The minimum Gasteiger partial charge on any atom is -0.350 e. The van der Waals surface area contributed by atoms with Crippen LogP contribution in [0.3, 0.4) is 0 Å². The molecule has 3 aromatic rings. The summed E-state index contributed by atoms with van der Waals surface area (Å²) >= 11 is 13.0. The van der Waals surface area contributed by atoms with Gasteiger partial charge in [0.15, 0.2) is 0 Å². The van der Waals surface area contributed by atoms with Gasteiger partial charge in [-0.15, -0.1) is 0 Å². The number of hydrogen-bond donors (Lipinski definition) is 1. The Morgan fingerprint density at radius 1 is 0.907 bits per heavy atom. The monoisotopic (exact) mass is 645 g/mol. The molecule has 7 nitrogen and oxygen atoms in total. The molecular weight excluding hydrogens is 605 g/mol. The summed E-state index contributed by atoms with van der Waals surface area (Å²) in [6.07, 6.45) is 1.68. The molecule has 232 valence electrons. The molecule has 0 radical (unpaired) electrons. The fraction of sp³-hybridized carbons (Fsp3) is 0.394. The van der Waals surface area contributed by atoms with Crippen LogP contribution in [0.2, 0.25) is 10.0 Å². The Morgan fingerprint density at radius 3 is 2.09 bits per heavy atom. The number of hydrogen-bond acceptors (Lipinski definition) is 4. The molecule has 3 rings (SSSR count). The van der Waals surface area contributed by atoms with Crippen LogP contribution in [-0.2, 0) is 32.6 Å². The maximum atomic E-state index is 14.1. The van der Waals surface area contributed by atoms with E-state index in [1.807, 2.05) is 77.1 Å². The van der Waals surface area contributed by atoms with Crippen molar-refractivity contribution >= 4 is 50.7 Å². The number of anilines is 1. The van der Waals surface area contributed by atoms with E-state index in [2.05, 4.69) is 5.32 Å². The van der Waals surface area contributed by atoms with Gasteiger partial charge in [0.25, 0.3) is 0 Å². The van der Waals surface area contributed by atoms with Gasteiger partial charge in [0.2, 0.25) is 21.8 Å². The van der Waals surface area contributed by atoms with E-state index < -0.39 is 21.6 Å². The van der Waals surface area contributed by atoms with Crippen molar-refractivity contribution < 1.29 is 18.0 Å². The molecule has 0 aliphatic heterocycles. The smallest absolute Gasteiger partial charge is 0.243 e. The molecule has 0 aliphatic carbocycles. The lowest BCUT2D eigenvalue weighted by Gasteiger charge is -2.34. The van der Waals surface area contributed by atoms with E-state index in [-0.39, 0.29) is 44.2 Å². The molecular formula is C33H41Cl2N3O4S. The van der Waals surface area contributed by atoms with Gasteiger partial charge in [0.1, 0.15) is 6.04 Å². The van der Waals surface area contributed by atoms with Crippen molar-refractivity contribution in [2.24, 2.45) is 0 Å². The molecule has 10 heteroatoms. The van der Waals surface area contributed by atoms with Gasteiger partial charge < -0.3 is 10.2 Å². The van der Waals surface area contributed by atoms with Crippen molar-refractivity contribution in [1.82, 2.24) is 10.2 Å². The molecule has 0 saturated carbocycles. The van der Waals surface area contributed by atoms with Crippen LogP contribution in [-0.4, -0.2) is 49.5 Å². The summed E-state index contributed by atoms with van der Waals surface area (Å²) in [7, 11) is -3.62. The van der Waals surface area contributed by atoms with Crippen LogP contribution in [0.15, 0.2) is 66.7 Å². The number of carbonyl (C=O) groups is 2. The lowest BCUT2D eigenvalue weighted by molar-refractivity contribution is -0.142. The summed E-state index contributed by atoms with van der Waals surface area (Å²) in [5, 5.41) is 3.81. The summed E-state index contributed by atoms with van der Waals surface area (Å²) in [6, 6.07) is 19.3. The summed E-state index contributed by atoms with van der Waals surface area (Å²) in [5.41, 5.74) is 3.30. The van der Waals surface area contributed by atoms with E-state index in [1.165, 1.54) is 9.21 Å². The molecule has 0 aliphatic rings. The van der Waals surface area contributed by atoms with Gasteiger partial charge in [-0.3, -0.25) is 13.9 Å². The van der Waals surface area contributed by atoms with Crippen LogP contribution in [0.25, 0.3) is 0 Å². The van der Waals surface area contributed by atoms with E-state index in [1.54, 1.807) is 24.3 Å². The third kappa shape index (κ3) is 9.71. The highest BCUT2D eigenvalue weighted by molar-refractivity contribution is 7.92. The first-order valence-electron chi connectivity index (χ1n) is 14.2. The number of benzene rings is 3. The number of nitrogens with zero attached hydrogens (tertiary/aromatic N) is 2. The fourth-order valence-electron chi connectivity index (χ4n) is 4.85. The second-order valence-electron chi connectivity index (χ2n) is 11.8. The van der Waals surface area contributed by atoms with Crippen LogP contribution in [0.1, 0.15) is 55.9 Å². The fourth-order valence-corrected chi connectivity index (χ4v) is 6.38. The molecule has 1 atom stereocenters. The Labute approximate surface area is 266 Å². The van der Waals surface area contributed by atoms with Crippen LogP contribution >= 0.6 is 23.2 Å². The molecule has 43 heavy (non-hydrogen) atoms. The molecule has 0 bridgehead atoms. The van der Waals surface area contributed by atoms with E-state index in [0.29, 0.717) is 21.3 Å². The lowest BCUT2D eigenvalue weighted by Crippen LogP contribution is -2.54. The first-order valence-corrected chi connectivity index (χ1v) is 16.8. The highest BCUT2D eigenvalue weighted by atomic mass is 35.5. The van der Waals surface area contributed by atoms with Crippen molar-refractivity contribution in [1.29, 1.82) is 0 Å². The maximum Gasteiger partial charge on any atom is 0.243 e. The van der Waals surface area contributed by atoms with Crippen molar-refractivity contribution in [3.63, 3.8) is 0 Å². The topological polar surface area (TPSA) is 86.8 Å². The highest BCUT2D eigenvalue weighted by Crippen LogP contribution is 2.29. The first-order chi connectivity index (χ1) is 20.1. The number of rotatable bonds is 12. The number of sulfonamides is 1.